The molecule has 1 aliphatic rings. The van der Waals surface area contributed by atoms with Gasteiger partial charge in [0.25, 0.3) is 0 Å². The highest BCUT2D eigenvalue weighted by molar-refractivity contribution is 5.97. The minimum Gasteiger partial charge on any atom is -0.382 e. The van der Waals surface area contributed by atoms with E-state index in [1.807, 2.05) is 0 Å². The van der Waals surface area contributed by atoms with Gasteiger partial charge in [-0.05, 0) is 30.5 Å². The standard InChI is InChI=1S/C16H15F3N6O/c17-11-3-1-10(2-4-11)16(5-6-16)23-15-21-7-9(8-22-15)13(20)24-25-14(26)12(18)19/h1-4,7-8,12H,5-6H2,(H2,20,24)(H,25,26)(H,21,22,23). The van der Waals surface area contributed by atoms with Gasteiger partial charge in [0.05, 0.1) is 11.1 Å². The molecule has 0 atom stereocenters. The van der Waals surface area contributed by atoms with Crippen molar-refractivity contribution >= 4 is 17.7 Å². The Hall–Kier alpha value is -3.17. The van der Waals surface area contributed by atoms with Gasteiger partial charge in [0.2, 0.25) is 5.95 Å². The van der Waals surface area contributed by atoms with E-state index < -0.39 is 12.3 Å². The number of alkyl halides is 2. The average Bonchev–Trinajstić information content (AvgIpc) is 3.41. The number of nitrogens with zero attached hydrogens (tertiary/aromatic N) is 3. The SMILES string of the molecule is N/C(=N\NC(=O)C(F)F)c1cnc(NC2(c3ccc(F)cc3)CC2)nc1. The van der Waals surface area contributed by atoms with E-state index in [2.05, 4.69) is 20.4 Å². The van der Waals surface area contributed by atoms with Crippen molar-refractivity contribution in [1.29, 1.82) is 0 Å². The molecular weight excluding hydrogens is 349 g/mol. The molecule has 136 valence electrons. The Kier molecular flexibility index (Phi) is 4.74. The Bertz CT molecular complexity index is 819. The molecule has 4 N–H and O–H groups in total. The maximum absolute atomic E-state index is 13.1. The summed E-state index contributed by atoms with van der Waals surface area (Å²) in [6.07, 6.45) is 1.22. The maximum Gasteiger partial charge on any atom is 0.317 e. The van der Waals surface area contributed by atoms with E-state index in [1.54, 1.807) is 17.6 Å². The molecule has 0 aliphatic heterocycles. The van der Waals surface area contributed by atoms with Gasteiger partial charge in [-0.15, -0.1) is 0 Å². The van der Waals surface area contributed by atoms with Crippen molar-refractivity contribution in [3.05, 3.63) is 53.6 Å². The quantitative estimate of drug-likeness (QED) is 0.411. The molecule has 7 nitrogen and oxygen atoms in total. The predicted molar refractivity (Wildman–Crippen MR) is 87.8 cm³/mol. The number of rotatable bonds is 6. The number of carbonyl (C=O) groups excluding carboxylic acids is 1. The van der Waals surface area contributed by atoms with E-state index in [0.717, 1.165) is 18.4 Å². The number of nitrogens with two attached hydrogens (primary N) is 1. The van der Waals surface area contributed by atoms with Crippen molar-refractivity contribution in [3.8, 4) is 0 Å². The fourth-order valence-electron chi connectivity index (χ4n) is 2.35. The lowest BCUT2D eigenvalue weighted by atomic mass is 10.1. The number of benzene rings is 1. The summed E-state index contributed by atoms with van der Waals surface area (Å²) < 4.78 is 37.2. The second-order valence-electron chi connectivity index (χ2n) is 5.78. The number of aromatic nitrogens is 2. The van der Waals surface area contributed by atoms with Crippen LogP contribution in [-0.2, 0) is 10.3 Å². The lowest BCUT2D eigenvalue weighted by Crippen LogP contribution is -2.28. The number of carbonyl (C=O) groups is 1. The van der Waals surface area contributed by atoms with E-state index >= 15 is 0 Å². The molecule has 1 fully saturated rings. The Balaban J connectivity index is 1.67. The first-order valence-corrected chi connectivity index (χ1v) is 7.67. The molecule has 1 heterocycles. The highest BCUT2D eigenvalue weighted by Crippen LogP contribution is 2.47. The highest BCUT2D eigenvalue weighted by atomic mass is 19.3. The predicted octanol–water partition coefficient (Wildman–Crippen LogP) is 1.72. The monoisotopic (exact) mass is 364 g/mol. The van der Waals surface area contributed by atoms with Crippen LogP contribution in [0.3, 0.4) is 0 Å². The van der Waals surface area contributed by atoms with E-state index in [-0.39, 0.29) is 22.8 Å². The lowest BCUT2D eigenvalue weighted by molar-refractivity contribution is -0.131. The van der Waals surface area contributed by atoms with Crippen LogP contribution in [0.25, 0.3) is 0 Å². The first kappa shape index (κ1) is 17.6. The number of halogens is 3. The molecule has 0 radical (unpaired) electrons. The van der Waals surface area contributed by atoms with Gasteiger partial charge in [-0.2, -0.15) is 13.9 Å². The molecule has 26 heavy (non-hydrogen) atoms. The number of hydrazone groups is 1. The molecule has 0 unspecified atom stereocenters. The maximum atomic E-state index is 13.1. The molecular formula is C16H15F3N6O. The number of hydrogen-bond acceptors (Lipinski definition) is 5. The number of hydrogen-bond donors (Lipinski definition) is 3. The second kappa shape index (κ2) is 6.98. The fourth-order valence-corrected chi connectivity index (χ4v) is 2.35. The normalized spacial score (nSPS) is 15.6. The van der Waals surface area contributed by atoms with Crippen molar-refractivity contribution in [2.24, 2.45) is 10.8 Å². The number of amides is 1. The summed E-state index contributed by atoms with van der Waals surface area (Å²) in [6, 6.07) is 6.21. The van der Waals surface area contributed by atoms with E-state index in [4.69, 9.17) is 5.73 Å². The molecule has 2 aromatic rings. The third-order valence-corrected chi connectivity index (χ3v) is 3.93. The third kappa shape index (κ3) is 3.90. The minimum atomic E-state index is -3.18. The van der Waals surface area contributed by atoms with Gasteiger partial charge in [-0.3, -0.25) is 4.79 Å². The van der Waals surface area contributed by atoms with Crippen LogP contribution < -0.4 is 16.5 Å². The molecule has 1 aromatic heterocycles. The van der Waals surface area contributed by atoms with Crippen LogP contribution in [0.2, 0.25) is 0 Å². The Morgan fingerprint density at radius 2 is 1.81 bits per heavy atom. The molecule has 1 amide bonds. The molecule has 3 rings (SSSR count). The molecule has 0 bridgehead atoms. The van der Waals surface area contributed by atoms with Crippen LogP contribution in [0.15, 0.2) is 41.8 Å². The van der Waals surface area contributed by atoms with Crippen LogP contribution in [0.1, 0.15) is 24.0 Å². The van der Waals surface area contributed by atoms with Crippen molar-refractivity contribution in [2.45, 2.75) is 24.8 Å². The molecule has 0 spiro atoms. The molecule has 1 aliphatic carbocycles. The van der Waals surface area contributed by atoms with E-state index in [9.17, 15) is 18.0 Å². The van der Waals surface area contributed by atoms with Crippen LogP contribution in [0.4, 0.5) is 19.1 Å². The number of amidine groups is 1. The largest absolute Gasteiger partial charge is 0.382 e. The Morgan fingerprint density at radius 1 is 1.19 bits per heavy atom. The third-order valence-electron chi connectivity index (χ3n) is 3.93. The van der Waals surface area contributed by atoms with Gasteiger partial charge in [0.1, 0.15) is 5.82 Å². The first-order valence-electron chi connectivity index (χ1n) is 7.67. The van der Waals surface area contributed by atoms with Gasteiger partial charge in [-0.25, -0.2) is 19.8 Å². The minimum absolute atomic E-state index is 0.204. The zero-order valence-corrected chi connectivity index (χ0v) is 13.4. The number of anilines is 1. The van der Waals surface area contributed by atoms with Gasteiger partial charge in [0, 0.05) is 12.4 Å². The fraction of sp³-hybridized carbons (Fsp3) is 0.250. The van der Waals surface area contributed by atoms with Crippen molar-refractivity contribution in [3.63, 3.8) is 0 Å². The molecule has 0 saturated heterocycles. The Labute approximate surface area is 146 Å². The summed E-state index contributed by atoms with van der Waals surface area (Å²) in [5.41, 5.74) is 8.09. The van der Waals surface area contributed by atoms with E-state index in [0.29, 0.717) is 5.95 Å². The summed E-state index contributed by atoms with van der Waals surface area (Å²) in [7, 11) is 0. The summed E-state index contributed by atoms with van der Waals surface area (Å²) in [5.74, 6) is -1.73. The smallest absolute Gasteiger partial charge is 0.317 e. The summed E-state index contributed by atoms with van der Waals surface area (Å²) in [4.78, 5) is 19.0. The second-order valence-corrected chi connectivity index (χ2v) is 5.78. The Morgan fingerprint density at radius 3 is 2.35 bits per heavy atom. The van der Waals surface area contributed by atoms with Gasteiger partial charge in [0.15, 0.2) is 5.84 Å². The lowest BCUT2D eigenvalue weighted by Gasteiger charge is -2.17. The van der Waals surface area contributed by atoms with Gasteiger partial charge < -0.3 is 11.1 Å². The van der Waals surface area contributed by atoms with Crippen LogP contribution in [0, 0.1) is 5.82 Å². The first-order chi connectivity index (χ1) is 12.4. The van der Waals surface area contributed by atoms with Crippen molar-refractivity contribution < 1.29 is 18.0 Å². The van der Waals surface area contributed by atoms with Crippen LogP contribution in [-0.4, -0.2) is 28.1 Å². The molecule has 1 saturated carbocycles. The zero-order chi connectivity index (χ0) is 18.7. The highest BCUT2D eigenvalue weighted by Gasteiger charge is 2.45. The average molecular weight is 364 g/mol. The molecule has 10 heteroatoms. The van der Waals surface area contributed by atoms with Crippen LogP contribution in [0.5, 0.6) is 0 Å². The van der Waals surface area contributed by atoms with Gasteiger partial charge >= 0.3 is 12.3 Å². The van der Waals surface area contributed by atoms with Crippen molar-refractivity contribution in [2.75, 3.05) is 5.32 Å². The summed E-state index contributed by atoms with van der Waals surface area (Å²) in [5, 5.41) is 6.57. The molecule has 1 aromatic carbocycles. The van der Waals surface area contributed by atoms with E-state index in [1.165, 1.54) is 24.5 Å². The summed E-state index contributed by atoms with van der Waals surface area (Å²) >= 11 is 0. The zero-order valence-electron chi connectivity index (χ0n) is 13.4. The summed E-state index contributed by atoms with van der Waals surface area (Å²) in [6.45, 7) is 0. The topological polar surface area (TPSA) is 105 Å². The van der Waals surface area contributed by atoms with Gasteiger partial charge in [-0.1, -0.05) is 12.1 Å². The number of nitrogens with one attached hydrogen (secondary N) is 2. The van der Waals surface area contributed by atoms with Crippen molar-refractivity contribution in [1.82, 2.24) is 15.4 Å². The van der Waals surface area contributed by atoms with Crippen LogP contribution >= 0.6 is 0 Å².